The molecule has 1 N–H and O–H groups in total. The first-order valence-corrected chi connectivity index (χ1v) is 13.2. The summed E-state index contributed by atoms with van der Waals surface area (Å²) in [5, 5.41) is 0. The lowest BCUT2D eigenvalue weighted by Crippen LogP contribution is -2.49. The second-order valence-corrected chi connectivity index (χ2v) is 10.3. The highest BCUT2D eigenvalue weighted by Gasteiger charge is 2.23. The zero-order chi connectivity index (χ0) is 24.7. The molecule has 35 heavy (non-hydrogen) atoms. The topological polar surface area (TPSA) is 79.0 Å². The van der Waals surface area contributed by atoms with Gasteiger partial charge >= 0.3 is 0 Å². The summed E-state index contributed by atoms with van der Waals surface area (Å²) >= 11 is 0. The van der Waals surface area contributed by atoms with E-state index in [4.69, 9.17) is 4.74 Å². The van der Waals surface area contributed by atoms with Crippen LogP contribution in [0.2, 0.25) is 0 Å². The van der Waals surface area contributed by atoms with Crippen LogP contribution in [-0.2, 0) is 23.0 Å². The minimum atomic E-state index is -3.73. The van der Waals surface area contributed by atoms with E-state index < -0.39 is 10.0 Å². The molecule has 1 aliphatic heterocycles. The normalized spacial score (nSPS) is 14.6. The Kier molecular flexibility index (Phi) is 8.17. The number of nitrogens with one attached hydrogen (secondary N) is 1. The van der Waals surface area contributed by atoms with E-state index in [0.29, 0.717) is 18.7 Å². The number of benzene rings is 3. The van der Waals surface area contributed by atoms with E-state index in [9.17, 15) is 13.2 Å². The van der Waals surface area contributed by atoms with Gasteiger partial charge in [-0.25, -0.2) is 13.1 Å². The lowest BCUT2D eigenvalue weighted by atomic mass is 10.1. The van der Waals surface area contributed by atoms with E-state index in [1.165, 1.54) is 17.7 Å². The van der Waals surface area contributed by atoms with E-state index in [1.54, 1.807) is 24.1 Å². The number of hydrogen-bond donors (Lipinski definition) is 1. The number of nitrogens with zero attached hydrogens (tertiary/aromatic N) is 2. The standard InChI is InChI=1S/C27H31N3O4S/c1-34-25-12-10-22(11-13-25)14-15-29-16-18-30(19-17-29)27(31)24-8-5-9-26(20-24)35(32,33)28-21-23-6-3-2-4-7-23/h2-13,20,28H,14-19,21H2,1H3. The summed E-state index contributed by atoms with van der Waals surface area (Å²) in [5.41, 5.74) is 2.51. The number of piperazine rings is 1. The third-order valence-corrected chi connectivity index (χ3v) is 7.63. The van der Waals surface area contributed by atoms with Crippen molar-refractivity contribution >= 4 is 15.9 Å². The molecule has 0 aromatic heterocycles. The summed E-state index contributed by atoms with van der Waals surface area (Å²) in [6.45, 7) is 3.93. The molecule has 0 saturated carbocycles. The van der Waals surface area contributed by atoms with Crippen LogP contribution in [0.5, 0.6) is 5.75 Å². The Morgan fingerprint density at radius 2 is 1.60 bits per heavy atom. The highest BCUT2D eigenvalue weighted by molar-refractivity contribution is 7.89. The summed E-state index contributed by atoms with van der Waals surface area (Å²) in [7, 11) is -2.07. The van der Waals surface area contributed by atoms with Crippen LogP contribution in [-0.4, -0.2) is 64.0 Å². The van der Waals surface area contributed by atoms with Crippen molar-refractivity contribution in [3.63, 3.8) is 0 Å². The molecule has 1 heterocycles. The number of methoxy groups -OCH3 is 1. The number of ether oxygens (including phenoxy) is 1. The fourth-order valence-corrected chi connectivity index (χ4v) is 5.15. The van der Waals surface area contributed by atoms with Gasteiger partial charge in [-0.05, 0) is 47.9 Å². The molecule has 7 nitrogen and oxygen atoms in total. The van der Waals surface area contributed by atoms with Gasteiger partial charge in [0.2, 0.25) is 10.0 Å². The van der Waals surface area contributed by atoms with Gasteiger partial charge in [0.15, 0.2) is 0 Å². The fourth-order valence-electron chi connectivity index (χ4n) is 4.09. The molecule has 0 bridgehead atoms. The molecule has 1 amide bonds. The highest BCUT2D eigenvalue weighted by Crippen LogP contribution is 2.16. The third kappa shape index (κ3) is 6.69. The smallest absolute Gasteiger partial charge is 0.253 e. The maximum absolute atomic E-state index is 13.1. The van der Waals surface area contributed by atoms with Crippen molar-refractivity contribution in [3.8, 4) is 5.75 Å². The van der Waals surface area contributed by atoms with Gasteiger partial charge in [-0.15, -0.1) is 0 Å². The molecule has 1 fully saturated rings. The van der Waals surface area contributed by atoms with Gasteiger partial charge in [-0.3, -0.25) is 9.69 Å². The number of carbonyl (C=O) groups excluding carboxylic acids is 1. The summed E-state index contributed by atoms with van der Waals surface area (Å²) in [6, 6.07) is 23.7. The second-order valence-electron chi connectivity index (χ2n) is 8.57. The summed E-state index contributed by atoms with van der Waals surface area (Å²) < 4.78 is 33.4. The van der Waals surface area contributed by atoms with E-state index in [1.807, 2.05) is 42.5 Å². The summed E-state index contributed by atoms with van der Waals surface area (Å²) in [4.78, 5) is 17.3. The van der Waals surface area contributed by atoms with Crippen molar-refractivity contribution in [1.29, 1.82) is 0 Å². The van der Waals surface area contributed by atoms with Crippen LogP contribution < -0.4 is 9.46 Å². The van der Waals surface area contributed by atoms with Crippen molar-refractivity contribution in [2.24, 2.45) is 0 Å². The van der Waals surface area contributed by atoms with Crippen LogP contribution >= 0.6 is 0 Å². The molecule has 0 unspecified atom stereocenters. The van der Waals surface area contributed by atoms with Crippen LogP contribution in [0.4, 0.5) is 0 Å². The third-order valence-electron chi connectivity index (χ3n) is 6.24. The Hall–Kier alpha value is -3.20. The highest BCUT2D eigenvalue weighted by atomic mass is 32.2. The average Bonchev–Trinajstić information content (AvgIpc) is 2.91. The predicted octanol–water partition coefficient (Wildman–Crippen LogP) is 3.17. The second kappa shape index (κ2) is 11.5. The average molecular weight is 494 g/mol. The van der Waals surface area contributed by atoms with Crippen molar-refractivity contribution < 1.29 is 17.9 Å². The molecule has 184 valence electrons. The van der Waals surface area contributed by atoms with Gasteiger partial charge in [-0.2, -0.15) is 0 Å². The molecule has 3 aromatic rings. The van der Waals surface area contributed by atoms with Crippen LogP contribution in [0.25, 0.3) is 0 Å². The maximum atomic E-state index is 13.1. The van der Waals surface area contributed by atoms with Crippen LogP contribution in [0, 0.1) is 0 Å². The number of amides is 1. The molecule has 0 aliphatic carbocycles. The number of sulfonamides is 1. The van der Waals surface area contributed by atoms with Gasteiger partial charge in [0, 0.05) is 44.8 Å². The maximum Gasteiger partial charge on any atom is 0.253 e. The van der Waals surface area contributed by atoms with Gasteiger partial charge in [0.25, 0.3) is 5.91 Å². The van der Waals surface area contributed by atoms with Gasteiger partial charge in [0.05, 0.1) is 12.0 Å². The zero-order valence-corrected chi connectivity index (χ0v) is 20.7. The van der Waals surface area contributed by atoms with Crippen molar-refractivity contribution in [2.45, 2.75) is 17.9 Å². The molecule has 3 aromatic carbocycles. The SMILES string of the molecule is COc1ccc(CCN2CCN(C(=O)c3cccc(S(=O)(=O)NCc4ccccc4)c3)CC2)cc1. The summed E-state index contributed by atoms with van der Waals surface area (Å²) in [5.74, 6) is 0.713. The lowest BCUT2D eigenvalue weighted by molar-refractivity contribution is 0.0638. The quantitative estimate of drug-likeness (QED) is 0.495. The Bertz CT molecular complexity index is 1220. The van der Waals surface area contributed by atoms with Crippen molar-refractivity contribution in [2.75, 3.05) is 39.8 Å². The van der Waals surface area contributed by atoms with Gasteiger partial charge in [-0.1, -0.05) is 48.5 Å². The van der Waals surface area contributed by atoms with E-state index in [-0.39, 0.29) is 17.3 Å². The molecule has 1 aliphatic rings. The van der Waals surface area contributed by atoms with Crippen LogP contribution in [0.15, 0.2) is 83.8 Å². The molecular weight excluding hydrogens is 462 g/mol. The minimum absolute atomic E-state index is 0.0948. The Labute approximate surface area is 207 Å². The first-order chi connectivity index (χ1) is 16.9. The Morgan fingerprint density at radius 1 is 0.886 bits per heavy atom. The Balaban J connectivity index is 1.30. The van der Waals surface area contributed by atoms with Crippen molar-refractivity contribution in [1.82, 2.24) is 14.5 Å². The first kappa shape index (κ1) is 24.9. The monoisotopic (exact) mass is 493 g/mol. The van der Waals surface area contributed by atoms with Gasteiger partial charge in [0.1, 0.15) is 5.75 Å². The zero-order valence-electron chi connectivity index (χ0n) is 19.9. The lowest BCUT2D eigenvalue weighted by Gasteiger charge is -2.34. The number of carbonyl (C=O) groups is 1. The molecule has 0 spiro atoms. The van der Waals surface area contributed by atoms with E-state index in [0.717, 1.165) is 37.4 Å². The van der Waals surface area contributed by atoms with E-state index in [2.05, 4.69) is 21.8 Å². The molecule has 8 heteroatoms. The molecule has 1 saturated heterocycles. The largest absolute Gasteiger partial charge is 0.497 e. The van der Waals surface area contributed by atoms with Crippen LogP contribution in [0.1, 0.15) is 21.5 Å². The predicted molar refractivity (Wildman–Crippen MR) is 136 cm³/mol. The van der Waals surface area contributed by atoms with E-state index >= 15 is 0 Å². The molecule has 0 radical (unpaired) electrons. The van der Waals surface area contributed by atoms with Crippen LogP contribution in [0.3, 0.4) is 0 Å². The Morgan fingerprint density at radius 3 is 2.29 bits per heavy atom. The van der Waals surface area contributed by atoms with Gasteiger partial charge < -0.3 is 9.64 Å². The number of rotatable bonds is 9. The molecular formula is C27H31N3O4S. The first-order valence-electron chi connectivity index (χ1n) is 11.7. The minimum Gasteiger partial charge on any atom is -0.497 e. The van der Waals surface area contributed by atoms with Crippen molar-refractivity contribution in [3.05, 3.63) is 95.6 Å². The number of hydrogen-bond acceptors (Lipinski definition) is 5. The summed E-state index contributed by atoms with van der Waals surface area (Å²) in [6.07, 6.45) is 0.938. The fraction of sp³-hybridized carbons (Fsp3) is 0.296. The molecule has 0 atom stereocenters. The molecule has 4 rings (SSSR count).